The topological polar surface area (TPSA) is 67.9 Å². The summed E-state index contributed by atoms with van der Waals surface area (Å²) in [7, 11) is 0. The molecule has 0 unspecified atom stereocenters. The lowest BCUT2D eigenvalue weighted by Crippen LogP contribution is -2.41. The number of anilines is 1. The fourth-order valence-electron chi connectivity index (χ4n) is 2.83. The van der Waals surface area contributed by atoms with Crippen LogP contribution in [0.2, 0.25) is 0 Å². The predicted octanol–water partition coefficient (Wildman–Crippen LogP) is 2.62. The summed E-state index contributed by atoms with van der Waals surface area (Å²) in [6, 6.07) is 10.8. The number of morpholine rings is 1. The standard InChI is InChI=1S/C20H21FN2O4/c1-14-17(20(25)23-8-10-26-11-9-23)6-3-7-18(14)22-19(24)13-27-16-5-2-4-15(21)12-16/h2-7,12H,8-11,13H2,1H3,(H,22,24). The van der Waals surface area contributed by atoms with E-state index in [-0.39, 0.29) is 18.3 Å². The largest absolute Gasteiger partial charge is 0.484 e. The molecular formula is C20H21FN2O4. The van der Waals surface area contributed by atoms with Crippen LogP contribution in [0.5, 0.6) is 5.75 Å². The highest BCUT2D eigenvalue weighted by molar-refractivity contribution is 5.99. The van der Waals surface area contributed by atoms with Crippen molar-refractivity contribution in [3.63, 3.8) is 0 Å². The molecule has 0 bridgehead atoms. The van der Waals surface area contributed by atoms with Crippen molar-refractivity contribution in [2.45, 2.75) is 6.92 Å². The maximum absolute atomic E-state index is 13.1. The third-order valence-electron chi connectivity index (χ3n) is 4.30. The first kappa shape index (κ1) is 18.8. The minimum Gasteiger partial charge on any atom is -0.484 e. The van der Waals surface area contributed by atoms with Gasteiger partial charge in [-0.25, -0.2) is 4.39 Å². The molecule has 27 heavy (non-hydrogen) atoms. The minimum absolute atomic E-state index is 0.0806. The average molecular weight is 372 g/mol. The van der Waals surface area contributed by atoms with E-state index in [2.05, 4.69) is 5.32 Å². The van der Waals surface area contributed by atoms with E-state index < -0.39 is 11.7 Å². The molecule has 1 aliphatic heterocycles. The highest BCUT2D eigenvalue weighted by atomic mass is 19.1. The van der Waals surface area contributed by atoms with E-state index in [0.29, 0.717) is 43.1 Å². The van der Waals surface area contributed by atoms with E-state index in [1.54, 1.807) is 36.1 Å². The Hall–Kier alpha value is -2.93. The number of benzene rings is 2. The van der Waals surface area contributed by atoms with Crippen molar-refractivity contribution >= 4 is 17.5 Å². The fourth-order valence-corrected chi connectivity index (χ4v) is 2.83. The number of nitrogens with zero attached hydrogens (tertiary/aromatic N) is 1. The molecule has 7 heteroatoms. The van der Waals surface area contributed by atoms with Crippen molar-refractivity contribution in [1.29, 1.82) is 0 Å². The number of hydrogen-bond acceptors (Lipinski definition) is 4. The predicted molar refractivity (Wildman–Crippen MR) is 98.4 cm³/mol. The van der Waals surface area contributed by atoms with Crippen molar-refractivity contribution < 1.29 is 23.5 Å². The number of halogens is 1. The molecule has 1 heterocycles. The van der Waals surface area contributed by atoms with Gasteiger partial charge in [-0.05, 0) is 36.8 Å². The first-order chi connectivity index (χ1) is 13.0. The molecule has 0 radical (unpaired) electrons. The number of hydrogen-bond donors (Lipinski definition) is 1. The lowest BCUT2D eigenvalue weighted by molar-refractivity contribution is -0.118. The first-order valence-electron chi connectivity index (χ1n) is 8.69. The Morgan fingerprint density at radius 3 is 2.67 bits per heavy atom. The number of carbonyl (C=O) groups excluding carboxylic acids is 2. The van der Waals surface area contributed by atoms with Gasteiger partial charge >= 0.3 is 0 Å². The Bertz CT molecular complexity index is 834. The van der Waals surface area contributed by atoms with Crippen LogP contribution in [0.25, 0.3) is 0 Å². The normalized spacial score (nSPS) is 13.9. The van der Waals surface area contributed by atoms with Crippen molar-refractivity contribution in [3.8, 4) is 5.75 Å². The highest BCUT2D eigenvalue weighted by Gasteiger charge is 2.21. The van der Waals surface area contributed by atoms with Crippen molar-refractivity contribution in [2.75, 3.05) is 38.2 Å². The fraction of sp³-hybridized carbons (Fsp3) is 0.300. The Kier molecular flexibility index (Phi) is 6.03. The number of ether oxygens (including phenoxy) is 2. The minimum atomic E-state index is -0.432. The second kappa shape index (κ2) is 8.64. The summed E-state index contributed by atoms with van der Waals surface area (Å²) in [5.41, 5.74) is 1.77. The van der Waals surface area contributed by atoms with Gasteiger partial charge in [0.2, 0.25) is 0 Å². The molecule has 0 spiro atoms. The molecule has 0 aromatic heterocycles. The summed E-state index contributed by atoms with van der Waals surface area (Å²) in [6.07, 6.45) is 0. The second-order valence-electron chi connectivity index (χ2n) is 6.18. The monoisotopic (exact) mass is 372 g/mol. The first-order valence-corrected chi connectivity index (χ1v) is 8.69. The number of rotatable bonds is 5. The third-order valence-corrected chi connectivity index (χ3v) is 4.30. The van der Waals surface area contributed by atoms with Gasteiger partial charge in [-0.2, -0.15) is 0 Å². The van der Waals surface area contributed by atoms with Crippen LogP contribution in [0.15, 0.2) is 42.5 Å². The van der Waals surface area contributed by atoms with Gasteiger partial charge in [0, 0.05) is 30.4 Å². The van der Waals surface area contributed by atoms with Crippen molar-refractivity contribution in [2.24, 2.45) is 0 Å². The molecule has 3 rings (SSSR count). The van der Waals surface area contributed by atoms with Gasteiger partial charge in [0.25, 0.3) is 11.8 Å². The van der Waals surface area contributed by atoms with E-state index in [1.807, 2.05) is 0 Å². The van der Waals surface area contributed by atoms with E-state index in [9.17, 15) is 14.0 Å². The van der Waals surface area contributed by atoms with E-state index in [0.717, 1.165) is 0 Å². The zero-order valence-corrected chi connectivity index (χ0v) is 15.0. The number of nitrogens with one attached hydrogen (secondary N) is 1. The Morgan fingerprint density at radius 2 is 1.93 bits per heavy atom. The lowest BCUT2D eigenvalue weighted by atomic mass is 10.0. The molecule has 0 atom stereocenters. The Labute approximate surface area is 156 Å². The van der Waals surface area contributed by atoms with E-state index in [1.165, 1.54) is 18.2 Å². The second-order valence-corrected chi connectivity index (χ2v) is 6.18. The summed E-state index contributed by atoms with van der Waals surface area (Å²) in [6.45, 7) is 3.69. The molecule has 6 nitrogen and oxygen atoms in total. The van der Waals surface area contributed by atoms with Crippen LogP contribution in [-0.2, 0) is 9.53 Å². The van der Waals surface area contributed by atoms with Crippen molar-refractivity contribution in [3.05, 3.63) is 59.4 Å². The van der Waals surface area contributed by atoms with Gasteiger partial charge in [0.15, 0.2) is 6.61 Å². The van der Waals surface area contributed by atoms with Crippen LogP contribution in [0, 0.1) is 12.7 Å². The van der Waals surface area contributed by atoms with Gasteiger partial charge in [0.1, 0.15) is 11.6 Å². The molecular weight excluding hydrogens is 351 g/mol. The molecule has 0 aliphatic carbocycles. The average Bonchev–Trinajstić information content (AvgIpc) is 2.68. The van der Waals surface area contributed by atoms with E-state index in [4.69, 9.17) is 9.47 Å². The van der Waals surface area contributed by atoms with Crippen LogP contribution in [0.3, 0.4) is 0 Å². The molecule has 1 fully saturated rings. The van der Waals surface area contributed by atoms with Crippen LogP contribution in [0.1, 0.15) is 15.9 Å². The molecule has 0 saturated carbocycles. The van der Waals surface area contributed by atoms with Gasteiger partial charge in [0.05, 0.1) is 13.2 Å². The Morgan fingerprint density at radius 1 is 1.19 bits per heavy atom. The summed E-state index contributed by atoms with van der Waals surface area (Å²) in [5.74, 6) is -0.627. The lowest BCUT2D eigenvalue weighted by Gasteiger charge is -2.27. The molecule has 1 saturated heterocycles. The van der Waals surface area contributed by atoms with Crippen LogP contribution in [-0.4, -0.2) is 49.6 Å². The third kappa shape index (κ3) is 4.83. The Balaban J connectivity index is 1.64. The molecule has 2 amide bonds. The summed E-state index contributed by atoms with van der Waals surface area (Å²) in [5, 5.41) is 2.74. The molecule has 1 N–H and O–H groups in total. The van der Waals surface area contributed by atoms with Gasteiger partial charge in [-0.1, -0.05) is 12.1 Å². The van der Waals surface area contributed by atoms with Crippen molar-refractivity contribution in [1.82, 2.24) is 4.90 Å². The molecule has 2 aromatic rings. The molecule has 1 aliphatic rings. The maximum atomic E-state index is 13.1. The van der Waals surface area contributed by atoms with Gasteiger partial charge in [-0.3, -0.25) is 9.59 Å². The maximum Gasteiger partial charge on any atom is 0.262 e. The SMILES string of the molecule is Cc1c(NC(=O)COc2cccc(F)c2)cccc1C(=O)N1CCOCC1. The van der Waals surface area contributed by atoms with E-state index >= 15 is 0 Å². The molecule has 2 aromatic carbocycles. The summed E-state index contributed by atoms with van der Waals surface area (Å²) in [4.78, 5) is 26.6. The smallest absolute Gasteiger partial charge is 0.262 e. The highest BCUT2D eigenvalue weighted by Crippen LogP contribution is 2.21. The summed E-state index contributed by atoms with van der Waals surface area (Å²) >= 11 is 0. The van der Waals surface area contributed by atoms with Crippen LogP contribution >= 0.6 is 0 Å². The number of amides is 2. The zero-order chi connectivity index (χ0) is 19.2. The number of carbonyl (C=O) groups is 2. The zero-order valence-electron chi connectivity index (χ0n) is 15.0. The van der Waals surface area contributed by atoms with Crippen LogP contribution in [0.4, 0.5) is 10.1 Å². The van der Waals surface area contributed by atoms with Gasteiger partial charge in [-0.15, -0.1) is 0 Å². The molecule has 142 valence electrons. The quantitative estimate of drug-likeness (QED) is 0.876. The van der Waals surface area contributed by atoms with Gasteiger partial charge < -0.3 is 19.7 Å². The summed E-state index contributed by atoms with van der Waals surface area (Å²) < 4.78 is 23.7. The van der Waals surface area contributed by atoms with Crippen LogP contribution < -0.4 is 10.1 Å².